The molecule has 1 aliphatic carbocycles. The van der Waals surface area contributed by atoms with E-state index in [9.17, 15) is 13.9 Å². The summed E-state index contributed by atoms with van der Waals surface area (Å²) >= 11 is 0. The van der Waals surface area contributed by atoms with Crippen LogP contribution in [0.1, 0.15) is 44.6 Å². The molecule has 106 valence electrons. The molecular weight excluding hydrogens is 248 g/mol. The maximum Gasteiger partial charge on any atom is 0.131 e. The molecular formula is C15H21F2NO. The normalized spacial score (nSPS) is 20.2. The van der Waals surface area contributed by atoms with Gasteiger partial charge in [0.25, 0.3) is 0 Å². The summed E-state index contributed by atoms with van der Waals surface area (Å²) < 4.78 is 27.8. The molecule has 0 aromatic heterocycles. The Hall–Kier alpha value is -1.00. The van der Waals surface area contributed by atoms with Crippen LogP contribution < -0.4 is 5.32 Å². The van der Waals surface area contributed by atoms with Crippen molar-refractivity contribution in [1.82, 2.24) is 5.32 Å². The number of hydrogen-bond donors (Lipinski definition) is 2. The third-order valence-electron chi connectivity index (χ3n) is 3.96. The highest BCUT2D eigenvalue weighted by atomic mass is 19.1. The van der Waals surface area contributed by atoms with E-state index in [0.717, 1.165) is 25.7 Å². The van der Waals surface area contributed by atoms with Crippen molar-refractivity contribution >= 4 is 0 Å². The monoisotopic (exact) mass is 269 g/mol. The van der Waals surface area contributed by atoms with Crippen LogP contribution in [0.2, 0.25) is 0 Å². The van der Waals surface area contributed by atoms with Gasteiger partial charge in [-0.2, -0.15) is 0 Å². The van der Waals surface area contributed by atoms with Crippen LogP contribution in [0.25, 0.3) is 0 Å². The van der Waals surface area contributed by atoms with Crippen molar-refractivity contribution in [2.45, 2.75) is 50.6 Å². The molecule has 19 heavy (non-hydrogen) atoms. The molecule has 1 unspecified atom stereocenters. The van der Waals surface area contributed by atoms with Gasteiger partial charge < -0.3 is 10.4 Å². The van der Waals surface area contributed by atoms with Crippen LogP contribution in [0.4, 0.5) is 8.78 Å². The van der Waals surface area contributed by atoms with Crippen molar-refractivity contribution in [3.05, 3.63) is 35.4 Å². The van der Waals surface area contributed by atoms with Gasteiger partial charge in [-0.3, -0.25) is 0 Å². The third-order valence-corrected chi connectivity index (χ3v) is 3.96. The number of hydrogen-bond acceptors (Lipinski definition) is 2. The molecule has 1 aromatic rings. The van der Waals surface area contributed by atoms with Crippen molar-refractivity contribution in [3.63, 3.8) is 0 Å². The lowest BCUT2D eigenvalue weighted by molar-refractivity contribution is 0.143. The molecule has 0 amide bonds. The van der Waals surface area contributed by atoms with Gasteiger partial charge in [0.15, 0.2) is 0 Å². The minimum absolute atomic E-state index is 0.0666. The number of nitrogens with one attached hydrogen (secondary N) is 1. The Morgan fingerprint density at radius 3 is 2.32 bits per heavy atom. The topological polar surface area (TPSA) is 32.3 Å². The number of rotatable bonds is 4. The van der Waals surface area contributed by atoms with E-state index < -0.39 is 17.2 Å². The van der Waals surface area contributed by atoms with Crippen molar-refractivity contribution in [1.29, 1.82) is 0 Å². The first-order chi connectivity index (χ1) is 9.07. The second-order valence-electron chi connectivity index (χ2n) is 5.57. The van der Waals surface area contributed by atoms with Crippen molar-refractivity contribution in [2.24, 2.45) is 0 Å². The molecule has 0 spiro atoms. The Labute approximate surface area is 112 Å². The van der Waals surface area contributed by atoms with Crippen LogP contribution in [0.5, 0.6) is 0 Å². The standard InChI is InChI=1S/C15H21F2NO/c1-15(10-19,18-11-6-3-2-4-7-11)14-12(16)8-5-9-13(14)17/h5,8-9,11,18-19H,2-4,6-7,10H2,1H3. The molecule has 0 bridgehead atoms. The van der Waals surface area contributed by atoms with Gasteiger partial charge in [-0.1, -0.05) is 25.3 Å². The lowest BCUT2D eigenvalue weighted by atomic mass is 9.87. The van der Waals surface area contributed by atoms with E-state index in [1.807, 2.05) is 0 Å². The Balaban J connectivity index is 2.25. The Morgan fingerprint density at radius 2 is 1.79 bits per heavy atom. The first kappa shape index (κ1) is 14.4. The molecule has 4 heteroatoms. The molecule has 0 saturated heterocycles. The van der Waals surface area contributed by atoms with E-state index in [2.05, 4.69) is 5.32 Å². The molecule has 2 nitrogen and oxygen atoms in total. The highest BCUT2D eigenvalue weighted by molar-refractivity contribution is 5.28. The van der Waals surface area contributed by atoms with Crippen molar-refractivity contribution in [3.8, 4) is 0 Å². The van der Waals surface area contributed by atoms with Crippen LogP contribution in [-0.4, -0.2) is 17.8 Å². The Morgan fingerprint density at radius 1 is 1.21 bits per heavy atom. The number of aliphatic hydroxyl groups excluding tert-OH is 1. The summed E-state index contributed by atoms with van der Waals surface area (Å²) in [5, 5.41) is 12.9. The van der Waals surface area contributed by atoms with E-state index in [1.54, 1.807) is 6.92 Å². The smallest absolute Gasteiger partial charge is 0.131 e. The lowest BCUT2D eigenvalue weighted by Gasteiger charge is -2.36. The summed E-state index contributed by atoms with van der Waals surface area (Å²) in [4.78, 5) is 0. The van der Waals surface area contributed by atoms with Crippen molar-refractivity contribution in [2.75, 3.05) is 6.61 Å². The van der Waals surface area contributed by atoms with E-state index in [-0.39, 0.29) is 18.2 Å². The first-order valence-corrected chi connectivity index (χ1v) is 6.90. The average Bonchev–Trinajstić information content (AvgIpc) is 2.39. The van der Waals surface area contributed by atoms with Crippen LogP contribution >= 0.6 is 0 Å². The molecule has 1 aromatic carbocycles. The molecule has 2 N–H and O–H groups in total. The molecule has 1 fully saturated rings. The van der Waals surface area contributed by atoms with E-state index in [0.29, 0.717) is 0 Å². The van der Waals surface area contributed by atoms with Gasteiger partial charge >= 0.3 is 0 Å². The van der Waals surface area contributed by atoms with Gasteiger partial charge in [-0.15, -0.1) is 0 Å². The van der Waals surface area contributed by atoms with Gasteiger partial charge in [0, 0.05) is 11.6 Å². The fourth-order valence-corrected chi connectivity index (χ4v) is 2.92. The maximum atomic E-state index is 13.9. The zero-order valence-electron chi connectivity index (χ0n) is 11.3. The highest BCUT2D eigenvalue weighted by Crippen LogP contribution is 2.29. The summed E-state index contributed by atoms with van der Waals surface area (Å²) in [6.07, 6.45) is 5.44. The fourth-order valence-electron chi connectivity index (χ4n) is 2.92. The van der Waals surface area contributed by atoms with Crippen LogP contribution in [0.15, 0.2) is 18.2 Å². The van der Waals surface area contributed by atoms with Gasteiger partial charge in [-0.05, 0) is 31.9 Å². The van der Waals surface area contributed by atoms with Gasteiger partial charge in [0.05, 0.1) is 12.1 Å². The minimum Gasteiger partial charge on any atom is -0.394 e. The second-order valence-corrected chi connectivity index (χ2v) is 5.57. The predicted octanol–water partition coefficient (Wildman–Crippen LogP) is 3.09. The summed E-state index contributed by atoms with van der Waals surface area (Å²) in [5.41, 5.74) is -1.14. The highest BCUT2D eigenvalue weighted by Gasteiger charge is 2.34. The van der Waals surface area contributed by atoms with Crippen molar-refractivity contribution < 1.29 is 13.9 Å². The first-order valence-electron chi connectivity index (χ1n) is 6.90. The second kappa shape index (κ2) is 5.97. The quantitative estimate of drug-likeness (QED) is 0.880. The predicted molar refractivity (Wildman–Crippen MR) is 70.8 cm³/mol. The largest absolute Gasteiger partial charge is 0.394 e. The lowest BCUT2D eigenvalue weighted by Crippen LogP contribution is -2.50. The number of halogens is 2. The molecule has 0 aliphatic heterocycles. The molecule has 1 aliphatic rings. The summed E-state index contributed by atoms with van der Waals surface area (Å²) in [5.74, 6) is -1.22. The number of aliphatic hydroxyl groups is 1. The minimum atomic E-state index is -1.07. The zero-order valence-corrected chi connectivity index (χ0v) is 11.3. The van der Waals surface area contributed by atoms with Crippen LogP contribution in [0, 0.1) is 11.6 Å². The van der Waals surface area contributed by atoms with Crippen LogP contribution in [0.3, 0.4) is 0 Å². The fraction of sp³-hybridized carbons (Fsp3) is 0.600. The Kier molecular flexibility index (Phi) is 4.53. The molecule has 1 atom stereocenters. The molecule has 0 radical (unpaired) electrons. The van der Waals surface area contributed by atoms with E-state index in [1.165, 1.54) is 24.6 Å². The SMILES string of the molecule is CC(CO)(NC1CCCCC1)c1c(F)cccc1F. The van der Waals surface area contributed by atoms with Gasteiger partial charge in [0.1, 0.15) is 11.6 Å². The molecule has 0 heterocycles. The zero-order chi connectivity index (χ0) is 13.9. The third kappa shape index (κ3) is 3.12. The Bertz CT molecular complexity index is 412. The summed E-state index contributed by atoms with van der Waals surface area (Å²) in [6.45, 7) is 1.32. The number of benzene rings is 1. The molecule has 2 rings (SSSR count). The maximum absolute atomic E-state index is 13.9. The summed E-state index contributed by atoms with van der Waals surface area (Å²) in [6, 6.07) is 4.01. The van der Waals surface area contributed by atoms with E-state index >= 15 is 0 Å². The van der Waals surface area contributed by atoms with E-state index in [4.69, 9.17) is 0 Å². The van der Waals surface area contributed by atoms with Gasteiger partial charge in [0.2, 0.25) is 0 Å². The van der Waals surface area contributed by atoms with Crippen LogP contribution in [-0.2, 0) is 5.54 Å². The summed E-state index contributed by atoms with van der Waals surface area (Å²) in [7, 11) is 0. The molecule has 1 saturated carbocycles. The van der Waals surface area contributed by atoms with Gasteiger partial charge in [-0.25, -0.2) is 8.78 Å². The average molecular weight is 269 g/mol.